The molecule has 0 saturated carbocycles. The summed E-state index contributed by atoms with van der Waals surface area (Å²) in [6.45, 7) is 8.50. The molecule has 0 radical (unpaired) electrons. The van der Waals surface area contributed by atoms with E-state index in [1.807, 2.05) is 20.8 Å². The molecule has 0 unspecified atom stereocenters. The van der Waals surface area contributed by atoms with Crippen molar-refractivity contribution in [2.45, 2.75) is 39.4 Å². The van der Waals surface area contributed by atoms with Crippen molar-refractivity contribution in [3.8, 4) is 0 Å². The minimum atomic E-state index is -0.960. The summed E-state index contributed by atoms with van der Waals surface area (Å²) < 4.78 is 2.07. The average molecular weight is 330 g/mol. The Labute approximate surface area is 140 Å². The maximum absolute atomic E-state index is 12.1. The van der Waals surface area contributed by atoms with Crippen molar-refractivity contribution < 1.29 is 14.7 Å². The topological polar surface area (TPSA) is 87.5 Å². The number of hydrogen-bond donors (Lipinski definition) is 2. The maximum atomic E-state index is 12.1. The number of aromatic nitrogens is 2. The van der Waals surface area contributed by atoms with Crippen LogP contribution in [0.3, 0.4) is 0 Å². The van der Waals surface area contributed by atoms with E-state index in [2.05, 4.69) is 19.8 Å². The number of aromatic carboxylic acids is 1. The first-order chi connectivity index (χ1) is 11.3. The number of imidazole rings is 1. The standard InChI is InChI=1S/C17H22N4O3/c1-4-21-13-6-5-11(15(22)23)9-12(13)19-14(21)10-20-8-7-18-16(24)17(20,2)3/h5-6,9H,4,7-8,10H2,1-3H3,(H,18,24)(H,22,23). The highest BCUT2D eigenvalue weighted by molar-refractivity contribution is 5.92. The molecule has 24 heavy (non-hydrogen) atoms. The molecule has 1 aliphatic rings. The lowest BCUT2D eigenvalue weighted by atomic mass is 9.99. The Balaban J connectivity index is 1.99. The molecule has 1 aliphatic heterocycles. The van der Waals surface area contributed by atoms with E-state index in [9.17, 15) is 9.59 Å². The van der Waals surface area contributed by atoms with Crippen molar-refractivity contribution >= 4 is 22.9 Å². The predicted octanol–water partition coefficient (Wildman–Crippen LogP) is 1.46. The smallest absolute Gasteiger partial charge is 0.335 e. The van der Waals surface area contributed by atoms with Gasteiger partial charge in [0.15, 0.2) is 0 Å². The number of carboxylic acid groups (broad SMARTS) is 1. The summed E-state index contributed by atoms with van der Waals surface area (Å²) >= 11 is 0. The van der Waals surface area contributed by atoms with Crippen molar-refractivity contribution in [3.63, 3.8) is 0 Å². The number of hydrogen-bond acceptors (Lipinski definition) is 4. The first-order valence-electron chi connectivity index (χ1n) is 8.10. The average Bonchev–Trinajstić information content (AvgIpc) is 2.88. The van der Waals surface area contributed by atoms with Crippen LogP contribution in [0.15, 0.2) is 18.2 Å². The van der Waals surface area contributed by atoms with Crippen molar-refractivity contribution in [1.82, 2.24) is 19.8 Å². The Morgan fingerprint density at radius 3 is 2.83 bits per heavy atom. The van der Waals surface area contributed by atoms with Crippen LogP contribution < -0.4 is 5.32 Å². The molecule has 7 nitrogen and oxygen atoms in total. The number of carboxylic acids is 1. The summed E-state index contributed by atoms with van der Waals surface area (Å²) in [6.07, 6.45) is 0. The summed E-state index contributed by atoms with van der Waals surface area (Å²) in [5.74, 6) is -0.0998. The van der Waals surface area contributed by atoms with Crippen LogP contribution in [0.2, 0.25) is 0 Å². The van der Waals surface area contributed by atoms with Gasteiger partial charge < -0.3 is 15.0 Å². The molecular weight excluding hydrogens is 308 g/mol. The van der Waals surface area contributed by atoms with E-state index in [1.165, 1.54) is 0 Å². The lowest BCUT2D eigenvalue weighted by Gasteiger charge is -2.40. The van der Waals surface area contributed by atoms with E-state index in [0.29, 0.717) is 18.6 Å². The van der Waals surface area contributed by atoms with Crippen molar-refractivity contribution in [3.05, 3.63) is 29.6 Å². The van der Waals surface area contributed by atoms with E-state index in [0.717, 1.165) is 24.4 Å². The quantitative estimate of drug-likeness (QED) is 0.886. The van der Waals surface area contributed by atoms with E-state index >= 15 is 0 Å². The Hall–Kier alpha value is -2.41. The Bertz CT molecular complexity index is 810. The van der Waals surface area contributed by atoms with Gasteiger partial charge in [-0.3, -0.25) is 9.69 Å². The monoisotopic (exact) mass is 330 g/mol. The van der Waals surface area contributed by atoms with Crippen LogP contribution in [-0.2, 0) is 17.9 Å². The molecule has 1 aromatic carbocycles. The number of carbonyl (C=O) groups is 2. The van der Waals surface area contributed by atoms with Crippen LogP contribution in [0.25, 0.3) is 11.0 Å². The van der Waals surface area contributed by atoms with Gasteiger partial charge >= 0.3 is 5.97 Å². The third kappa shape index (κ3) is 2.65. The van der Waals surface area contributed by atoms with Gasteiger partial charge in [-0.05, 0) is 39.0 Å². The second-order valence-corrected chi connectivity index (χ2v) is 6.52. The Morgan fingerprint density at radius 1 is 1.42 bits per heavy atom. The minimum absolute atomic E-state index is 0.0149. The highest BCUT2D eigenvalue weighted by Crippen LogP contribution is 2.23. The van der Waals surface area contributed by atoms with Crippen molar-refractivity contribution in [2.24, 2.45) is 0 Å². The maximum Gasteiger partial charge on any atom is 0.335 e. The summed E-state index contributed by atoms with van der Waals surface area (Å²) in [5.41, 5.74) is 1.22. The number of piperazine rings is 1. The van der Waals surface area contributed by atoms with Crippen molar-refractivity contribution in [2.75, 3.05) is 13.1 Å². The van der Waals surface area contributed by atoms with Gasteiger partial charge in [-0.1, -0.05) is 0 Å². The van der Waals surface area contributed by atoms with Crippen LogP contribution in [0, 0.1) is 0 Å². The van der Waals surface area contributed by atoms with E-state index < -0.39 is 11.5 Å². The van der Waals surface area contributed by atoms with Crippen LogP contribution >= 0.6 is 0 Å². The lowest BCUT2D eigenvalue weighted by molar-refractivity contribution is -0.135. The summed E-state index contributed by atoms with van der Waals surface area (Å²) in [6, 6.07) is 4.99. The normalized spacial score (nSPS) is 17.9. The predicted molar refractivity (Wildman–Crippen MR) is 89.9 cm³/mol. The lowest BCUT2D eigenvalue weighted by Crippen LogP contribution is -2.61. The molecule has 0 bridgehead atoms. The third-order valence-corrected chi connectivity index (χ3v) is 4.74. The second-order valence-electron chi connectivity index (χ2n) is 6.52. The summed E-state index contributed by atoms with van der Waals surface area (Å²) in [7, 11) is 0. The van der Waals surface area contributed by atoms with Gasteiger partial charge in [0.1, 0.15) is 5.82 Å². The van der Waals surface area contributed by atoms with Gasteiger partial charge in [0, 0.05) is 19.6 Å². The van der Waals surface area contributed by atoms with E-state index in [4.69, 9.17) is 5.11 Å². The summed E-state index contributed by atoms with van der Waals surface area (Å²) in [5, 5.41) is 12.0. The molecule has 128 valence electrons. The molecule has 2 aromatic rings. The molecule has 0 aliphatic carbocycles. The first kappa shape index (κ1) is 16.4. The van der Waals surface area contributed by atoms with E-state index in [1.54, 1.807) is 18.2 Å². The van der Waals surface area contributed by atoms with Crippen LogP contribution in [-0.4, -0.2) is 50.1 Å². The van der Waals surface area contributed by atoms with Gasteiger partial charge in [-0.25, -0.2) is 9.78 Å². The largest absolute Gasteiger partial charge is 0.478 e. The second kappa shape index (κ2) is 5.90. The fourth-order valence-electron chi connectivity index (χ4n) is 3.18. The number of benzene rings is 1. The highest BCUT2D eigenvalue weighted by atomic mass is 16.4. The zero-order chi connectivity index (χ0) is 17.5. The van der Waals surface area contributed by atoms with Crippen molar-refractivity contribution in [1.29, 1.82) is 0 Å². The molecular formula is C17H22N4O3. The fourth-order valence-corrected chi connectivity index (χ4v) is 3.18. The molecule has 7 heteroatoms. The molecule has 1 fully saturated rings. The number of nitrogens with zero attached hydrogens (tertiary/aromatic N) is 3. The molecule has 3 rings (SSSR count). The number of fused-ring (bicyclic) bond motifs is 1. The highest BCUT2D eigenvalue weighted by Gasteiger charge is 2.38. The number of amides is 1. The van der Waals surface area contributed by atoms with Gasteiger partial charge in [0.25, 0.3) is 0 Å². The molecule has 1 saturated heterocycles. The zero-order valence-electron chi connectivity index (χ0n) is 14.2. The Kier molecular flexibility index (Phi) is 4.04. The third-order valence-electron chi connectivity index (χ3n) is 4.74. The van der Waals surface area contributed by atoms with E-state index in [-0.39, 0.29) is 11.5 Å². The van der Waals surface area contributed by atoms with Crippen LogP contribution in [0.4, 0.5) is 0 Å². The molecule has 1 amide bonds. The van der Waals surface area contributed by atoms with Gasteiger partial charge in [-0.2, -0.15) is 0 Å². The fraction of sp³-hybridized carbons (Fsp3) is 0.471. The molecule has 2 heterocycles. The molecule has 0 spiro atoms. The van der Waals surface area contributed by atoms with Crippen LogP contribution in [0.1, 0.15) is 37.0 Å². The van der Waals surface area contributed by atoms with Crippen LogP contribution in [0.5, 0.6) is 0 Å². The SMILES string of the molecule is CCn1c(CN2CCNC(=O)C2(C)C)nc2cc(C(=O)O)ccc21. The number of nitrogens with one attached hydrogen (secondary N) is 1. The molecule has 2 N–H and O–H groups in total. The molecule has 1 aromatic heterocycles. The zero-order valence-corrected chi connectivity index (χ0v) is 14.2. The van der Waals surface area contributed by atoms with Gasteiger partial charge in [-0.15, -0.1) is 0 Å². The molecule has 0 atom stereocenters. The summed E-state index contributed by atoms with van der Waals surface area (Å²) in [4.78, 5) is 30.0. The van der Waals surface area contributed by atoms with Gasteiger partial charge in [0.05, 0.1) is 28.7 Å². The number of carbonyl (C=O) groups excluding carboxylic acids is 1. The number of rotatable bonds is 4. The number of aryl methyl sites for hydroxylation is 1. The first-order valence-corrected chi connectivity index (χ1v) is 8.10. The van der Waals surface area contributed by atoms with Gasteiger partial charge in [0.2, 0.25) is 5.91 Å². The Morgan fingerprint density at radius 2 is 2.17 bits per heavy atom. The minimum Gasteiger partial charge on any atom is -0.478 e.